The predicted molar refractivity (Wildman–Crippen MR) is 83.0 cm³/mol. The zero-order valence-electron chi connectivity index (χ0n) is 12.2. The number of nitrogens with one attached hydrogen (secondary N) is 1. The fourth-order valence-corrected chi connectivity index (χ4v) is 1.98. The van der Waals surface area contributed by atoms with Crippen molar-refractivity contribution in [3.8, 4) is 11.1 Å². The van der Waals surface area contributed by atoms with Crippen LogP contribution in [0, 0.1) is 0 Å². The Balaban J connectivity index is 2.02. The van der Waals surface area contributed by atoms with E-state index in [0.29, 0.717) is 0 Å². The van der Waals surface area contributed by atoms with Gasteiger partial charge in [0.05, 0.1) is 13.7 Å². The first-order valence-electron chi connectivity index (χ1n) is 6.73. The smallest absolute Gasteiger partial charge is 0.339 e. The average molecular weight is 285 g/mol. The molecule has 2 N–H and O–H groups in total. The van der Waals surface area contributed by atoms with Gasteiger partial charge in [0, 0.05) is 5.69 Å². The lowest BCUT2D eigenvalue weighted by atomic mass is 10.0. The number of esters is 1. The summed E-state index contributed by atoms with van der Waals surface area (Å²) in [5, 5.41) is 13.0. The van der Waals surface area contributed by atoms with Crippen molar-refractivity contribution in [1.29, 1.82) is 0 Å². The predicted octanol–water partition coefficient (Wildman–Crippen LogP) is 2.69. The number of hydrogen-bond acceptors (Lipinski definition) is 4. The molecule has 0 amide bonds. The van der Waals surface area contributed by atoms with Crippen LogP contribution >= 0.6 is 0 Å². The van der Waals surface area contributed by atoms with E-state index in [4.69, 9.17) is 0 Å². The second-order valence-corrected chi connectivity index (χ2v) is 5.06. The maximum Gasteiger partial charge on any atom is 0.339 e. The summed E-state index contributed by atoms with van der Waals surface area (Å²) in [6.07, 6.45) is 0. The van der Waals surface area contributed by atoms with E-state index >= 15 is 0 Å². The maximum atomic E-state index is 11.4. The summed E-state index contributed by atoms with van der Waals surface area (Å²) in [5.41, 5.74) is 1.54. The summed E-state index contributed by atoms with van der Waals surface area (Å²) < 4.78 is 4.55. The summed E-state index contributed by atoms with van der Waals surface area (Å²) in [4.78, 5) is 11.4. The van der Waals surface area contributed by atoms with Crippen molar-refractivity contribution in [2.75, 3.05) is 19.0 Å². The van der Waals surface area contributed by atoms with Crippen LogP contribution in [0.1, 0.15) is 6.92 Å². The van der Waals surface area contributed by atoms with Crippen molar-refractivity contribution >= 4 is 11.7 Å². The number of methoxy groups -OCH3 is 1. The first kappa shape index (κ1) is 15.1. The molecule has 4 nitrogen and oxygen atoms in total. The Kier molecular flexibility index (Phi) is 4.60. The van der Waals surface area contributed by atoms with E-state index in [9.17, 15) is 9.90 Å². The van der Waals surface area contributed by atoms with Gasteiger partial charge in [0.1, 0.15) is 0 Å². The fraction of sp³-hybridized carbons (Fsp3) is 0.235. The average Bonchev–Trinajstić information content (AvgIpc) is 2.53. The van der Waals surface area contributed by atoms with Gasteiger partial charge >= 0.3 is 5.97 Å². The molecule has 0 aromatic heterocycles. The van der Waals surface area contributed by atoms with Crippen molar-refractivity contribution < 1.29 is 14.6 Å². The Morgan fingerprint density at radius 1 is 1.10 bits per heavy atom. The molecule has 0 spiro atoms. The topological polar surface area (TPSA) is 58.6 Å². The number of ether oxygens (including phenoxy) is 1. The minimum absolute atomic E-state index is 0.0877. The van der Waals surface area contributed by atoms with Crippen LogP contribution < -0.4 is 5.32 Å². The van der Waals surface area contributed by atoms with Crippen molar-refractivity contribution in [3.63, 3.8) is 0 Å². The number of carbonyl (C=O) groups excluding carboxylic acids is 1. The number of carbonyl (C=O) groups is 1. The number of benzene rings is 2. The minimum atomic E-state index is -1.55. The number of anilines is 1. The molecule has 0 saturated heterocycles. The maximum absolute atomic E-state index is 11.4. The van der Waals surface area contributed by atoms with Gasteiger partial charge in [-0.05, 0) is 30.2 Å². The van der Waals surface area contributed by atoms with E-state index in [0.717, 1.165) is 16.8 Å². The summed E-state index contributed by atoms with van der Waals surface area (Å²) in [7, 11) is 1.26. The lowest BCUT2D eigenvalue weighted by molar-refractivity contribution is -0.158. The molecule has 0 saturated carbocycles. The standard InChI is InChI=1S/C17H19NO3/c1-17(20,16(19)21-2)12-18-15-10-8-14(9-11-15)13-6-4-3-5-7-13/h3-11,18,20H,12H2,1-2H3. The van der Waals surface area contributed by atoms with Crippen LogP contribution in [0.15, 0.2) is 54.6 Å². The van der Waals surface area contributed by atoms with E-state index in [1.807, 2.05) is 54.6 Å². The van der Waals surface area contributed by atoms with Crippen LogP contribution in [0.4, 0.5) is 5.69 Å². The molecule has 0 fully saturated rings. The van der Waals surface area contributed by atoms with Crippen LogP contribution in [-0.2, 0) is 9.53 Å². The molecule has 110 valence electrons. The largest absolute Gasteiger partial charge is 0.467 e. The third-order valence-corrected chi connectivity index (χ3v) is 3.25. The Bertz CT molecular complexity index is 591. The fourth-order valence-electron chi connectivity index (χ4n) is 1.98. The van der Waals surface area contributed by atoms with Gasteiger partial charge in [-0.25, -0.2) is 4.79 Å². The first-order chi connectivity index (χ1) is 10.0. The number of aliphatic hydroxyl groups is 1. The molecule has 0 aliphatic carbocycles. The first-order valence-corrected chi connectivity index (χ1v) is 6.73. The molecular formula is C17H19NO3. The van der Waals surface area contributed by atoms with Gasteiger partial charge in [-0.1, -0.05) is 42.5 Å². The van der Waals surface area contributed by atoms with Crippen LogP contribution in [0.2, 0.25) is 0 Å². The molecule has 21 heavy (non-hydrogen) atoms. The third-order valence-electron chi connectivity index (χ3n) is 3.25. The molecule has 4 heteroatoms. The molecule has 2 rings (SSSR count). The zero-order chi connectivity index (χ0) is 15.3. The highest BCUT2D eigenvalue weighted by Crippen LogP contribution is 2.21. The van der Waals surface area contributed by atoms with Gasteiger partial charge in [-0.3, -0.25) is 0 Å². The Labute approximate surface area is 124 Å². The minimum Gasteiger partial charge on any atom is -0.467 e. The van der Waals surface area contributed by atoms with Gasteiger partial charge in [0.2, 0.25) is 0 Å². The van der Waals surface area contributed by atoms with Crippen molar-refractivity contribution in [2.45, 2.75) is 12.5 Å². The Morgan fingerprint density at radius 2 is 1.67 bits per heavy atom. The summed E-state index contributed by atoms with van der Waals surface area (Å²) in [6.45, 7) is 1.51. The molecule has 0 bridgehead atoms. The van der Waals surface area contributed by atoms with E-state index in [1.165, 1.54) is 14.0 Å². The normalized spacial score (nSPS) is 13.3. The number of rotatable bonds is 5. The van der Waals surface area contributed by atoms with Gasteiger partial charge < -0.3 is 15.2 Å². The van der Waals surface area contributed by atoms with Crippen molar-refractivity contribution in [2.24, 2.45) is 0 Å². The molecule has 2 aromatic rings. The SMILES string of the molecule is COC(=O)C(C)(O)CNc1ccc(-c2ccccc2)cc1. The van der Waals surface area contributed by atoms with E-state index in [2.05, 4.69) is 10.1 Å². The lowest BCUT2D eigenvalue weighted by Crippen LogP contribution is -2.42. The van der Waals surface area contributed by atoms with Gasteiger partial charge in [-0.2, -0.15) is 0 Å². The van der Waals surface area contributed by atoms with E-state index in [1.54, 1.807) is 0 Å². The second kappa shape index (κ2) is 6.41. The third kappa shape index (κ3) is 3.83. The summed E-state index contributed by atoms with van der Waals surface area (Å²) in [6, 6.07) is 17.9. The molecular weight excluding hydrogens is 266 g/mol. The summed E-state index contributed by atoms with van der Waals surface area (Å²) in [5.74, 6) is -0.657. The molecule has 0 heterocycles. The molecule has 1 atom stereocenters. The highest BCUT2D eigenvalue weighted by molar-refractivity contribution is 5.79. The number of hydrogen-bond donors (Lipinski definition) is 2. The Hall–Kier alpha value is -2.33. The molecule has 0 radical (unpaired) electrons. The van der Waals surface area contributed by atoms with Crippen LogP contribution in [0.25, 0.3) is 11.1 Å². The van der Waals surface area contributed by atoms with Crippen molar-refractivity contribution in [3.05, 3.63) is 54.6 Å². The molecule has 0 aliphatic rings. The molecule has 2 aromatic carbocycles. The zero-order valence-corrected chi connectivity index (χ0v) is 12.2. The highest BCUT2D eigenvalue weighted by atomic mass is 16.5. The molecule has 1 unspecified atom stereocenters. The van der Waals surface area contributed by atoms with Crippen molar-refractivity contribution in [1.82, 2.24) is 0 Å². The Morgan fingerprint density at radius 3 is 2.24 bits per heavy atom. The summed E-state index contributed by atoms with van der Waals surface area (Å²) >= 11 is 0. The van der Waals surface area contributed by atoms with Gasteiger partial charge in [0.25, 0.3) is 0 Å². The van der Waals surface area contributed by atoms with Gasteiger partial charge in [-0.15, -0.1) is 0 Å². The highest BCUT2D eigenvalue weighted by Gasteiger charge is 2.31. The van der Waals surface area contributed by atoms with Crippen LogP contribution in [0.5, 0.6) is 0 Å². The van der Waals surface area contributed by atoms with Crippen LogP contribution in [0.3, 0.4) is 0 Å². The van der Waals surface area contributed by atoms with Gasteiger partial charge in [0.15, 0.2) is 5.60 Å². The van der Waals surface area contributed by atoms with Crippen LogP contribution in [-0.4, -0.2) is 30.3 Å². The lowest BCUT2D eigenvalue weighted by Gasteiger charge is -2.21. The van der Waals surface area contributed by atoms with E-state index < -0.39 is 11.6 Å². The monoisotopic (exact) mass is 285 g/mol. The molecule has 0 aliphatic heterocycles. The van der Waals surface area contributed by atoms with E-state index in [-0.39, 0.29) is 6.54 Å². The quantitative estimate of drug-likeness (QED) is 0.829. The second-order valence-electron chi connectivity index (χ2n) is 5.06.